The summed E-state index contributed by atoms with van der Waals surface area (Å²) in [6, 6.07) is 4.03. The van der Waals surface area contributed by atoms with Crippen molar-refractivity contribution in [3.8, 4) is 0 Å². The molecule has 168 valence electrons. The number of aliphatic hydroxyl groups excluding tert-OH is 3. The predicted molar refractivity (Wildman–Crippen MR) is 111 cm³/mol. The molecule has 8 nitrogen and oxygen atoms in total. The highest BCUT2D eigenvalue weighted by Crippen LogP contribution is 2.43. The Bertz CT molecular complexity index is 1200. The fourth-order valence-corrected chi connectivity index (χ4v) is 4.13. The number of carbonyl (C=O) groups is 1. The molecule has 1 aliphatic rings. The van der Waals surface area contributed by atoms with Gasteiger partial charge in [0.25, 0.3) is 5.91 Å². The van der Waals surface area contributed by atoms with Gasteiger partial charge >= 0.3 is 0 Å². The molecule has 1 aromatic carbocycles. The van der Waals surface area contributed by atoms with Gasteiger partial charge in [0.05, 0.1) is 23.6 Å². The molecule has 1 aliphatic carbocycles. The summed E-state index contributed by atoms with van der Waals surface area (Å²) in [4.78, 5) is 20.3. The Morgan fingerprint density at radius 2 is 1.97 bits per heavy atom. The third-order valence-corrected chi connectivity index (χ3v) is 5.87. The van der Waals surface area contributed by atoms with Crippen molar-refractivity contribution in [2.45, 2.75) is 37.7 Å². The minimum absolute atomic E-state index is 0.102. The highest BCUT2D eigenvalue weighted by atomic mass is 19.2. The number of nitrogens with one attached hydrogen (secondary N) is 1. The number of benzene rings is 1. The van der Waals surface area contributed by atoms with Gasteiger partial charge in [0, 0.05) is 17.7 Å². The maximum Gasteiger partial charge on any atom is 0.251 e. The Kier molecular flexibility index (Phi) is 5.76. The van der Waals surface area contributed by atoms with Crippen LogP contribution in [0.3, 0.4) is 0 Å². The molecule has 1 saturated carbocycles. The van der Waals surface area contributed by atoms with E-state index in [1.54, 1.807) is 23.8 Å². The normalized spacial score (nSPS) is 23.9. The molecule has 4 rings (SSSR count). The molecule has 0 aliphatic heterocycles. The van der Waals surface area contributed by atoms with E-state index in [2.05, 4.69) is 21.9 Å². The summed E-state index contributed by atoms with van der Waals surface area (Å²) < 4.78 is 28.5. The zero-order valence-electron chi connectivity index (χ0n) is 17.1. The summed E-state index contributed by atoms with van der Waals surface area (Å²) in [7, 11) is 0. The maximum atomic E-state index is 13.6. The van der Waals surface area contributed by atoms with E-state index in [9.17, 15) is 28.9 Å². The van der Waals surface area contributed by atoms with Crippen LogP contribution >= 0.6 is 0 Å². The Labute approximate surface area is 181 Å². The molecule has 0 bridgehead atoms. The fourth-order valence-electron chi connectivity index (χ4n) is 4.13. The number of carbonyl (C=O) groups excluding carboxylic acids is 1. The summed E-state index contributed by atoms with van der Waals surface area (Å²) in [5.41, 5.74) is 0.820. The lowest BCUT2D eigenvalue weighted by molar-refractivity contribution is -0.112. The van der Waals surface area contributed by atoms with E-state index in [0.29, 0.717) is 16.6 Å². The van der Waals surface area contributed by atoms with Crippen LogP contribution in [0, 0.1) is 17.6 Å². The maximum absolute atomic E-state index is 13.6. The van der Waals surface area contributed by atoms with Crippen LogP contribution in [-0.2, 0) is 4.79 Å². The number of aliphatic hydroxyl groups is 3. The van der Waals surface area contributed by atoms with Crippen molar-refractivity contribution < 1.29 is 28.9 Å². The summed E-state index contributed by atoms with van der Waals surface area (Å²) >= 11 is 0. The van der Waals surface area contributed by atoms with Crippen molar-refractivity contribution in [1.82, 2.24) is 14.5 Å². The van der Waals surface area contributed by atoms with Gasteiger partial charge in [0.15, 0.2) is 11.6 Å². The van der Waals surface area contributed by atoms with Gasteiger partial charge in [-0.1, -0.05) is 12.6 Å². The average molecular weight is 444 g/mol. The molecule has 1 amide bonds. The van der Waals surface area contributed by atoms with Gasteiger partial charge in [-0.2, -0.15) is 0 Å². The molecule has 4 N–H and O–H groups in total. The molecule has 3 aromatic rings. The van der Waals surface area contributed by atoms with Crippen LogP contribution in [0.1, 0.15) is 31.1 Å². The first kappa shape index (κ1) is 22.0. The number of halogens is 2. The summed E-state index contributed by atoms with van der Waals surface area (Å²) in [5.74, 6) is -3.11. The van der Waals surface area contributed by atoms with Gasteiger partial charge in [-0.05, 0) is 37.1 Å². The molecule has 1 fully saturated rings. The number of anilines is 1. The van der Waals surface area contributed by atoms with Gasteiger partial charge in [-0.25, -0.2) is 18.7 Å². The lowest BCUT2D eigenvalue weighted by atomic mass is 9.92. The fraction of sp³-hybridized carbons (Fsp3) is 0.318. The molecule has 1 unspecified atom stereocenters. The Morgan fingerprint density at radius 3 is 2.66 bits per heavy atom. The number of aromatic nitrogens is 3. The molecule has 0 saturated heterocycles. The third kappa shape index (κ3) is 3.77. The quantitative estimate of drug-likeness (QED) is 0.448. The predicted octanol–water partition coefficient (Wildman–Crippen LogP) is 2.24. The van der Waals surface area contributed by atoms with Crippen molar-refractivity contribution in [1.29, 1.82) is 0 Å². The largest absolute Gasteiger partial charge is 0.390 e. The van der Waals surface area contributed by atoms with E-state index in [0.717, 1.165) is 12.1 Å². The second kappa shape index (κ2) is 8.38. The van der Waals surface area contributed by atoms with Crippen molar-refractivity contribution in [2.24, 2.45) is 5.92 Å². The van der Waals surface area contributed by atoms with Crippen LogP contribution < -0.4 is 5.32 Å². The van der Waals surface area contributed by atoms with Gasteiger partial charge in [-0.3, -0.25) is 4.79 Å². The minimum atomic E-state index is -1.32. The summed E-state index contributed by atoms with van der Waals surface area (Å²) in [6.45, 7) is 5.15. The van der Waals surface area contributed by atoms with E-state index in [-0.39, 0.29) is 17.8 Å². The van der Waals surface area contributed by atoms with Crippen LogP contribution in [0.4, 0.5) is 14.6 Å². The Morgan fingerprint density at radius 1 is 1.22 bits per heavy atom. The number of amides is 1. The van der Waals surface area contributed by atoms with Gasteiger partial charge < -0.3 is 25.2 Å². The van der Waals surface area contributed by atoms with E-state index in [4.69, 9.17) is 0 Å². The molecule has 0 radical (unpaired) electrons. The number of hydrogen-bond donors (Lipinski definition) is 4. The topological polar surface area (TPSA) is 121 Å². The van der Waals surface area contributed by atoms with Crippen LogP contribution in [0.2, 0.25) is 0 Å². The molecular weight excluding hydrogens is 422 g/mol. The second-order valence-corrected chi connectivity index (χ2v) is 7.98. The monoisotopic (exact) mass is 444 g/mol. The molecule has 5 atom stereocenters. The van der Waals surface area contributed by atoms with E-state index < -0.39 is 47.8 Å². The first-order valence-electron chi connectivity index (χ1n) is 9.96. The lowest BCUT2D eigenvalue weighted by Crippen LogP contribution is -2.31. The lowest BCUT2D eigenvalue weighted by Gasteiger charge is -2.22. The van der Waals surface area contributed by atoms with Gasteiger partial charge in [0.2, 0.25) is 0 Å². The first-order chi connectivity index (χ1) is 15.2. The molecule has 2 heterocycles. The van der Waals surface area contributed by atoms with Crippen molar-refractivity contribution in [2.75, 3.05) is 5.32 Å². The van der Waals surface area contributed by atoms with E-state index >= 15 is 0 Å². The Hall–Kier alpha value is -3.21. The van der Waals surface area contributed by atoms with Crippen LogP contribution in [-0.4, -0.2) is 48.0 Å². The van der Waals surface area contributed by atoms with Crippen LogP contribution in [0.15, 0.2) is 48.9 Å². The molecule has 32 heavy (non-hydrogen) atoms. The number of hydrogen-bond acceptors (Lipinski definition) is 6. The Balaban J connectivity index is 1.63. The van der Waals surface area contributed by atoms with Crippen LogP contribution in [0.5, 0.6) is 0 Å². The standard InChI is InChI=1S/C22H22F2N4O4/c1-10(2)22(32)27-20-12-5-6-28(21(12)26-9-25-20)16-8-13(18(30)19(16)31)17(29)11-3-4-14(23)15(24)7-11/h3-7,9,13,16-19,29-31H,1,8H2,2H3,(H,25,26,27,32)/t13-,16-,17?,18-,19+/m1/s1. The molecule has 10 heteroatoms. The van der Waals surface area contributed by atoms with Crippen molar-refractivity contribution in [3.63, 3.8) is 0 Å². The van der Waals surface area contributed by atoms with Gasteiger partial charge in [-0.15, -0.1) is 0 Å². The van der Waals surface area contributed by atoms with Crippen molar-refractivity contribution in [3.05, 3.63) is 66.1 Å². The van der Waals surface area contributed by atoms with Gasteiger partial charge in [0.1, 0.15) is 23.9 Å². The summed E-state index contributed by atoms with van der Waals surface area (Å²) in [6.07, 6.45) is -0.837. The highest BCUT2D eigenvalue weighted by Gasteiger charge is 2.46. The smallest absolute Gasteiger partial charge is 0.251 e. The molecule has 2 aromatic heterocycles. The first-order valence-corrected chi connectivity index (χ1v) is 9.96. The zero-order chi connectivity index (χ0) is 23.2. The SMILES string of the molecule is C=C(C)C(=O)Nc1ncnc2c1ccn2[C@@H]1C[C@H](C(O)c2ccc(F)c(F)c2)[C@@H](O)[C@H]1O. The summed E-state index contributed by atoms with van der Waals surface area (Å²) in [5, 5.41) is 35.2. The van der Waals surface area contributed by atoms with Crippen LogP contribution in [0.25, 0.3) is 11.0 Å². The second-order valence-electron chi connectivity index (χ2n) is 7.98. The molecular formula is C22H22F2N4O4. The average Bonchev–Trinajstić information content (AvgIpc) is 3.31. The zero-order valence-corrected chi connectivity index (χ0v) is 17.1. The number of fused-ring (bicyclic) bond motifs is 1. The van der Waals surface area contributed by atoms with Crippen molar-refractivity contribution >= 4 is 22.8 Å². The molecule has 0 spiro atoms. The number of rotatable bonds is 5. The number of nitrogens with zero attached hydrogens (tertiary/aromatic N) is 3. The van der Waals surface area contributed by atoms with E-state index in [1.807, 2.05) is 0 Å². The highest BCUT2D eigenvalue weighted by molar-refractivity contribution is 6.06. The minimum Gasteiger partial charge on any atom is -0.390 e. The third-order valence-electron chi connectivity index (χ3n) is 5.87. The van der Waals surface area contributed by atoms with E-state index in [1.165, 1.54) is 12.4 Å².